The van der Waals surface area contributed by atoms with Crippen LogP contribution in [0.15, 0.2) is 23.2 Å². The van der Waals surface area contributed by atoms with Crippen molar-refractivity contribution in [3.63, 3.8) is 0 Å². The van der Waals surface area contributed by atoms with Gasteiger partial charge in [0.25, 0.3) is 0 Å². The number of benzene rings is 1. The molecule has 6 heteroatoms. The zero-order valence-electron chi connectivity index (χ0n) is 9.04. The smallest absolute Gasteiger partial charge is 0.332 e. The number of phenolic OH excluding ortho intramolecular Hbond substituents is 2. The number of carboxylic acids is 1. The zero-order chi connectivity index (χ0) is 12.6. The molecule has 1 heterocycles. The van der Waals surface area contributed by atoms with Crippen LogP contribution in [0, 0.1) is 0 Å². The van der Waals surface area contributed by atoms with Crippen molar-refractivity contribution in [1.82, 2.24) is 0 Å². The third kappa shape index (κ3) is 1.95. The fourth-order valence-corrected chi connectivity index (χ4v) is 2.64. The topological polar surface area (TPSA) is 90.1 Å². The van der Waals surface area contributed by atoms with Crippen molar-refractivity contribution in [1.29, 1.82) is 0 Å². The van der Waals surface area contributed by atoms with E-state index in [1.165, 1.54) is 24.8 Å². The molecule has 2 rings (SSSR count). The molecule has 1 aromatic rings. The molecule has 1 aromatic carbocycles. The Morgan fingerprint density at radius 1 is 1.47 bits per heavy atom. The lowest BCUT2D eigenvalue weighted by Gasteiger charge is -2.11. The van der Waals surface area contributed by atoms with Gasteiger partial charge in [-0.15, -0.1) is 11.8 Å². The van der Waals surface area contributed by atoms with Gasteiger partial charge in [0.2, 0.25) is 0 Å². The highest BCUT2D eigenvalue weighted by Crippen LogP contribution is 2.37. The van der Waals surface area contributed by atoms with Crippen molar-refractivity contribution in [2.24, 2.45) is 4.99 Å². The second kappa shape index (κ2) is 3.96. The van der Waals surface area contributed by atoms with Gasteiger partial charge in [-0.05, 0) is 19.1 Å². The molecule has 1 aliphatic heterocycles. The summed E-state index contributed by atoms with van der Waals surface area (Å²) in [4.78, 5) is 15.1. The number of carboxylic acid groups (broad SMARTS) is 1. The van der Waals surface area contributed by atoms with E-state index in [-0.39, 0.29) is 11.5 Å². The monoisotopic (exact) mass is 253 g/mol. The van der Waals surface area contributed by atoms with Crippen LogP contribution < -0.4 is 0 Å². The Bertz CT molecular complexity index is 514. The molecule has 1 aliphatic rings. The average molecular weight is 253 g/mol. The minimum Gasteiger partial charge on any atom is -0.504 e. The van der Waals surface area contributed by atoms with Crippen molar-refractivity contribution < 1.29 is 20.1 Å². The number of phenols is 2. The Hall–Kier alpha value is -1.69. The second-order valence-corrected chi connectivity index (χ2v) is 4.92. The van der Waals surface area contributed by atoms with Crippen molar-refractivity contribution in [2.75, 3.05) is 5.75 Å². The third-order valence-electron chi connectivity index (χ3n) is 2.54. The number of para-hydroxylation sites is 1. The molecule has 0 aliphatic carbocycles. The lowest BCUT2D eigenvalue weighted by atomic mass is 10.1. The number of nitrogens with zero attached hydrogens (tertiary/aromatic N) is 1. The minimum atomic E-state index is -1.17. The van der Waals surface area contributed by atoms with Gasteiger partial charge in [-0.3, -0.25) is 4.99 Å². The lowest BCUT2D eigenvalue weighted by molar-refractivity contribution is -0.141. The molecule has 17 heavy (non-hydrogen) atoms. The molecule has 0 aromatic heterocycles. The standard InChI is InChI=1S/C11H11NO4S/c1-11(10(15)16)5-17-9(12-11)6-3-2-4-7(13)8(6)14/h2-4,13-14H,5H2,1H3,(H,15,16). The molecule has 90 valence electrons. The summed E-state index contributed by atoms with van der Waals surface area (Å²) in [5.41, 5.74) is -0.808. The van der Waals surface area contributed by atoms with Crippen molar-refractivity contribution in [3.8, 4) is 11.5 Å². The Labute approximate surface area is 102 Å². The van der Waals surface area contributed by atoms with E-state index in [4.69, 9.17) is 5.11 Å². The summed E-state index contributed by atoms with van der Waals surface area (Å²) in [5.74, 6) is -1.20. The van der Waals surface area contributed by atoms with Gasteiger partial charge in [-0.2, -0.15) is 0 Å². The fourth-order valence-electron chi connectivity index (χ4n) is 1.45. The summed E-state index contributed by atoms with van der Waals surface area (Å²) in [6.45, 7) is 1.52. The maximum Gasteiger partial charge on any atom is 0.332 e. The van der Waals surface area contributed by atoms with Crippen LogP contribution in [0.4, 0.5) is 0 Å². The summed E-state index contributed by atoms with van der Waals surface area (Å²) < 4.78 is 0. The summed E-state index contributed by atoms with van der Waals surface area (Å²) in [5, 5.41) is 28.5. The molecule has 0 bridgehead atoms. The van der Waals surface area contributed by atoms with E-state index < -0.39 is 11.5 Å². The highest BCUT2D eigenvalue weighted by atomic mass is 32.2. The summed E-state index contributed by atoms with van der Waals surface area (Å²) in [6, 6.07) is 4.52. The molecular weight excluding hydrogens is 242 g/mol. The highest BCUT2D eigenvalue weighted by molar-refractivity contribution is 8.14. The van der Waals surface area contributed by atoms with Gasteiger partial charge in [0.1, 0.15) is 5.04 Å². The normalized spacial score (nSPS) is 23.5. The van der Waals surface area contributed by atoms with Crippen LogP contribution in [0.1, 0.15) is 12.5 Å². The first-order chi connectivity index (χ1) is 7.94. The van der Waals surface area contributed by atoms with E-state index in [0.29, 0.717) is 16.4 Å². The Balaban J connectivity index is 2.43. The van der Waals surface area contributed by atoms with Crippen LogP contribution in [-0.4, -0.2) is 37.6 Å². The SMILES string of the molecule is CC1(C(=O)O)CSC(c2cccc(O)c2O)=N1. The van der Waals surface area contributed by atoms with E-state index in [1.54, 1.807) is 12.1 Å². The molecule has 5 nitrogen and oxygen atoms in total. The Kier molecular flexibility index (Phi) is 2.74. The van der Waals surface area contributed by atoms with Crippen LogP contribution in [-0.2, 0) is 4.79 Å². The van der Waals surface area contributed by atoms with Gasteiger partial charge in [-0.1, -0.05) is 6.07 Å². The molecule has 0 radical (unpaired) electrons. The van der Waals surface area contributed by atoms with Gasteiger partial charge in [-0.25, -0.2) is 4.79 Å². The Morgan fingerprint density at radius 3 is 2.76 bits per heavy atom. The maximum atomic E-state index is 11.0. The molecule has 3 N–H and O–H groups in total. The van der Waals surface area contributed by atoms with E-state index in [9.17, 15) is 15.0 Å². The maximum absolute atomic E-state index is 11.0. The van der Waals surface area contributed by atoms with E-state index in [0.717, 1.165) is 0 Å². The van der Waals surface area contributed by atoms with E-state index >= 15 is 0 Å². The van der Waals surface area contributed by atoms with Crippen molar-refractivity contribution in [3.05, 3.63) is 23.8 Å². The van der Waals surface area contributed by atoms with Crippen LogP contribution in [0.2, 0.25) is 0 Å². The largest absolute Gasteiger partial charge is 0.504 e. The number of hydrogen-bond acceptors (Lipinski definition) is 5. The highest BCUT2D eigenvalue weighted by Gasteiger charge is 2.39. The average Bonchev–Trinajstić information content (AvgIpc) is 2.66. The minimum absolute atomic E-state index is 0.241. The number of aromatic hydroxyl groups is 2. The number of aliphatic carboxylic acids is 1. The molecular formula is C11H11NO4S. The van der Waals surface area contributed by atoms with Crippen molar-refractivity contribution >= 4 is 22.8 Å². The lowest BCUT2D eigenvalue weighted by Crippen LogP contribution is -2.33. The van der Waals surface area contributed by atoms with Crippen LogP contribution in [0.25, 0.3) is 0 Å². The molecule has 0 saturated carbocycles. The molecule has 0 saturated heterocycles. The van der Waals surface area contributed by atoms with Gasteiger partial charge in [0.05, 0.1) is 5.56 Å². The van der Waals surface area contributed by atoms with Gasteiger partial charge in [0.15, 0.2) is 17.0 Å². The predicted molar refractivity (Wildman–Crippen MR) is 64.8 cm³/mol. The van der Waals surface area contributed by atoms with Gasteiger partial charge < -0.3 is 15.3 Å². The number of hydrogen-bond donors (Lipinski definition) is 3. The molecule has 0 spiro atoms. The zero-order valence-corrected chi connectivity index (χ0v) is 9.86. The number of thioether (sulfide) groups is 1. The first-order valence-electron chi connectivity index (χ1n) is 4.91. The molecule has 0 amide bonds. The van der Waals surface area contributed by atoms with Gasteiger partial charge >= 0.3 is 5.97 Å². The summed E-state index contributed by atoms with van der Waals surface area (Å²) >= 11 is 1.25. The Morgan fingerprint density at radius 2 is 2.18 bits per heavy atom. The quantitative estimate of drug-likeness (QED) is 0.694. The summed E-state index contributed by atoms with van der Waals surface area (Å²) in [7, 11) is 0. The van der Waals surface area contributed by atoms with E-state index in [1.807, 2.05) is 0 Å². The van der Waals surface area contributed by atoms with Crippen LogP contribution in [0.3, 0.4) is 0 Å². The first kappa shape index (κ1) is 11.8. The molecule has 1 atom stereocenters. The molecule has 1 unspecified atom stereocenters. The molecule has 0 fully saturated rings. The number of aliphatic imine (C=N–C) groups is 1. The number of carbonyl (C=O) groups is 1. The van der Waals surface area contributed by atoms with E-state index in [2.05, 4.69) is 4.99 Å². The van der Waals surface area contributed by atoms with Crippen molar-refractivity contribution in [2.45, 2.75) is 12.5 Å². The number of rotatable bonds is 2. The predicted octanol–water partition coefficient (Wildman–Crippen LogP) is 1.43. The summed E-state index contributed by atoms with van der Waals surface area (Å²) in [6.07, 6.45) is 0. The first-order valence-corrected chi connectivity index (χ1v) is 5.90. The fraction of sp³-hybridized carbons (Fsp3) is 0.273. The van der Waals surface area contributed by atoms with Crippen LogP contribution in [0.5, 0.6) is 11.5 Å². The van der Waals surface area contributed by atoms with Crippen LogP contribution >= 0.6 is 11.8 Å². The second-order valence-electron chi connectivity index (χ2n) is 3.96. The third-order valence-corrected chi connectivity index (χ3v) is 3.84. The van der Waals surface area contributed by atoms with Gasteiger partial charge in [0, 0.05) is 5.75 Å².